The van der Waals surface area contributed by atoms with Gasteiger partial charge >= 0.3 is 0 Å². The predicted molar refractivity (Wildman–Crippen MR) is 56.9 cm³/mol. The van der Waals surface area contributed by atoms with Crippen molar-refractivity contribution in [3.8, 4) is 0 Å². The third kappa shape index (κ3) is 2.02. The quantitative estimate of drug-likeness (QED) is 0.889. The highest BCUT2D eigenvalue weighted by molar-refractivity contribution is 9.10. The minimum Gasteiger partial charge on any atom is -0.466 e. The summed E-state index contributed by atoms with van der Waals surface area (Å²) in [6.07, 6.45) is 5.10. The van der Waals surface area contributed by atoms with Crippen molar-refractivity contribution in [3.05, 3.63) is 22.6 Å². The molecule has 1 fully saturated rings. The van der Waals surface area contributed by atoms with Crippen LogP contribution in [0.2, 0.25) is 0 Å². The molecule has 1 saturated heterocycles. The van der Waals surface area contributed by atoms with Crippen LogP contribution < -0.4 is 5.73 Å². The number of halogens is 1. The first-order chi connectivity index (χ1) is 6.79. The Morgan fingerprint density at radius 1 is 1.50 bits per heavy atom. The Labute approximate surface area is 91.7 Å². The summed E-state index contributed by atoms with van der Waals surface area (Å²) < 4.78 is 11.9. The van der Waals surface area contributed by atoms with Crippen LogP contribution in [0.25, 0.3) is 0 Å². The molecule has 2 N–H and O–H groups in total. The van der Waals surface area contributed by atoms with E-state index in [2.05, 4.69) is 15.9 Å². The molecule has 4 heteroatoms. The van der Waals surface area contributed by atoms with Gasteiger partial charge in [-0.05, 0) is 41.3 Å². The highest BCUT2D eigenvalue weighted by atomic mass is 79.9. The summed E-state index contributed by atoms with van der Waals surface area (Å²) in [5.41, 5.74) is 6.07. The summed E-state index contributed by atoms with van der Waals surface area (Å²) >= 11 is 3.40. The molecule has 78 valence electrons. The molecule has 2 unspecified atom stereocenters. The molecule has 0 aliphatic carbocycles. The van der Waals surface area contributed by atoms with Crippen LogP contribution in [-0.2, 0) is 4.74 Å². The number of hydrogen-bond donors (Lipinski definition) is 1. The van der Waals surface area contributed by atoms with Crippen molar-refractivity contribution in [3.63, 3.8) is 0 Å². The molecule has 0 aromatic carbocycles. The van der Waals surface area contributed by atoms with Gasteiger partial charge in [-0.3, -0.25) is 0 Å². The van der Waals surface area contributed by atoms with Gasteiger partial charge in [-0.25, -0.2) is 0 Å². The van der Waals surface area contributed by atoms with E-state index in [1.165, 1.54) is 6.42 Å². The summed E-state index contributed by atoms with van der Waals surface area (Å²) in [4.78, 5) is 0. The molecule has 0 saturated carbocycles. The summed E-state index contributed by atoms with van der Waals surface area (Å²) in [5, 5.41) is 0. The van der Waals surface area contributed by atoms with Crippen molar-refractivity contribution in [2.45, 2.75) is 31.4 Å². The molecule has 2 heterocycles. The minimum absolute atomic E-state index is 0.103. The van der Waals surface area contributed by atoms with Gasteiger partial charge in [-0.1, -0.05) is 0 Å². The standard InChI is InChI=1S/C10H14BrNO2/c11-7-4-6-14-10(7)9(12)8-3-1-2-5-13-8/h4,6,8-9H,1-3,5,12H2. The van der Waals surface area contributed by atoms with Crippen molar-refractivity contribution < 1.29 is 9.15 Å². The fraction of sp³-hybridized carbons (Fsp3) is 0.600. The zero-order chi connectivity index (χ0) is 9.97. The molecule has 1 aromatic heterocycles. The van der Waals surface area contributed by atoms with Crippen LogP contribution in [0.3, 0.4) is 0 Å². The molecular weight excluding hydrogens is 246 g/mol. The van der Waals surface area contributed by atoms with Crippen LogP contribution in [0.5, 0.6) is 0 Å². The molecule has 1 aromatic rings. The summed E-state index contributed by atoms with van der Waals surface area (Å²) in [6.45, 7) is 0.816. The van der Waals surface area contributed by atoms with Gasteiger partial charge < -0.3 is 14.9 Å². The average Bonchev–Trinajstić information content (AvgIpc) is 2.65. The van der Waals surface area contributed by atoms with Crippen molar-refractivity contribution in [2.24, 2.45) is 5.73 Å². The minimum atomic E-state index is -0.153. The lowest BCUT2D eigenvalue weighted by molar-refractivity contribution is -0.00406. The van der Waals surface area contributed by atoms with E-state index in [-0.39, 0.29) is 12.1 Å². The molecule has 0 amide bonds. The van der Waals surface area contributed by atoms with Crippen molar-refractivity contribution >= 4 is 15.9 Å². The van der Waals surface area contributed by atoms with Gasteiger partial charge in [-0.15, -0.1) is 0 Å². The lowest BCUT2D eigenvalue weighted by Gasteiger charge is -2.26. The van der Waals surface area contributed by atoms with Gasteiger partial charge in [0.05, 0.1) is 22.9 Å². The van der Waals surface area contributed by atoms with Gasteiger partial charge in [0.15, 0.2) is 0 Å². The molecule has 0 spiro atoms. The topological polar surface area (TPSA) is 48.4 Å². The smallest absolute Gasteiger partial charge is 0.137 e. The molecule has 3 nitrogen and oxygen atoms in total. The maximum Gasteiger partial charge on any atom is 0.137 e. The fourth-order valence-corrected chi connectivity index (χ4v) is 2.23. The second kappa shape index (κ2) is 4.47. The maximum absolute atomic E-state index is 6.07. The van der Waals surface area contributed by atoms with Gasteiger partial charge in [0, 0.05) is 6.61 Å². The molecule has 2 rings (SSSR count). The number of rotatable bonds is 2. The van der Waals surface area contributed by atoms with E-state index in [0.29, 0.717) is 0 Å². The SMILES string of the molecule is NC(c1occc1Br)C1CCCCO1. The molecule has 14 heavy (non-hydrogen) atoms. The van der Waals surface area contributed by atoms with Crippen LogP contribution in [0.1, 0.15) is 31.1 Å². The Hall–Kier alpha value is -0.320. The Bertz CT molecular complexity index is 294. The zero-order valence-corrected chi connectivity index (χ0v) is 9.50. The van der Waals surface area contributed by atoms with E-state index >= 15 is 0 Å². The molecular formula is C10H14BrNO2. The number of hydrogen-bond acceptors (Lipinski definition) is 3. The van der Waals surface area contributed by atoms with Gasteiger partial charge in [0.2, 0.25) is 0 Å². The van der Waals surface area contributed by atoms with Gasteiger partial charge in [-0.2, -0.15) is 0 Å². The highest BCUT2D eigenvalue weighted by Gasteiger charge is 2.26. The first-order valence-corrected chi connectivity index (χ1v) is 5.68. The second-order valence-corrected chi connectivity index (χ2v) is 4.42. The summed E-state index contributed by atoms with van der Waals surface area (Å²) in [7, 11) is 0. The molecule has 0 bridgehead atoms. The number of nitrogens with two attached hydrogens (primary N) is 1. The number of ether oxygens (including phenoxy) is 1. The van der Waals surface area contributed by atoms with Crippen LogP contribution in [0.15, 0.2) is 21.2 Å². The Kier molecular flexibility index (Phi) is 3.26. The Balaban J connectivity index is 2.07. The molecule has 1 aliphatic rings. The van der Waals surface area contributed by atoms with Crippen molar-refractivity contribution in [2.75, 3.05) is 6.61 Å². The summed E-state index contributed by atoms with van der Waals surface area (Å²) in [5.74, 6) is 0.789. The lowest BCUT2D eigenvalue weighted by atomic mass is 10.0. The zero-order valence-electron chi connectivity index (χ0n) is 7.91. The third-order valence-corrected chi connectivity index (χ3v) is 3.22. The van der Waals surface area contributed by atoms with E-state index in [0.717, 1.165) is 29.7 Å². The van der Waals surface area contributed by atoms with E-state index in [4.69, 9.17) is 14.9 Å². The highest BCUT2D eigenvalue weighted by Crippen LogP contribution is 2.29. The number of furan rings is 1. The summed E-state index contributed by atoms with van der Waals surface area (Å²) in [6, 6.07) is 1.71. The second-order valence-electron chi connectivity index (χ2n) is 3.56. The van der Waals surface area contributed by atoms with E-state index in [1.807, 2.05) is 6.07 Å². The lowest BCUT2D eigenvalue weighted by Crippen LogP contribution is -2.31. The monoisotopic (exact) mass is 259 g/mol. The predicted octanol–water partition coefficient (Wildman–Crippen LogP) is 2.61. The first-order valence-electron chi connectivity index (χ1n) is 4.89. The van der Waals surface area contributed by atoms with Crippen molar-refractivity contribution in [1.82, 2.24) is 0 Å². The first kappa shape index (κ1) is 10.2. The third-order valence-electron chi connectivity index (χ3n) is 2.56. The van der Waals surface area contributed by atoms with Crippen LogP contribution in [0.4, 0.5) is 0 Å². The van der Waals surface area contributed by atoms with Gasteiger partial charge in [0.1, 0.15) is 5.76 Å². The van der Waals surface area contributed by atoms with E-state index < -0.39 is 0 Å². The normalized spacial score (nSPS) is 24.9. The molecule has 0 radical (unpaired) electrons. The Morgan fingerprint density at radius 2 is 2.36 bits per heavy atom. The van der Waals surface area contributed by atoms with E-state index in [1.54, 1.807) is 6.26 Å². The van der Waals surface area contributed by atoms with Crippen molar-refractivity contribution in [1.29, 1.82) is 0 Å². The Morgan fingerprint density at radius 3 is 2.93 bits per heavy atom. The van der Waals surface area contributed by atoms with Crippen LogP contribution >= 0.6 is 15.9 Å². The van der Waals surface area contributed by atoms with Crippen LogP contribution in [-0.4, -0.2) is 12.7 Å². The molecule has 2 atom stereocenters. The average molecular weight is 260 g/mol. The van der Waals surface area contributed by atoms with Gasteiger partial charge in [0.25, 0.3) is 0 Å². The molecule has 1 aliphatic heterocycles. The van der Waals surface area contributed by atoms with Crippen LogP contribution in [0, 0.1) is 0 Å². The largest absolute Gasteiger partial charge is 0.466 e. The van der Waals surface area contributed by atoms with E-state index in [9.17, 15) is 0 Å². The maximum atomic E-state index is 6.07. The fourth-order valence-electron chi connectivity index (χ4n) is 1.76.